The first-order valence-electron chi connectivity index (χ1n) is 7.30. The number of H-pyrrole nitrogens is 1. The molecule has 3 rings (SSSR count). The molecular weight excluding hydrogens is 250 g/mol. The fourth-order valence-corrected chi connectivity index (χ4v) is 2.93. The average Bonchev–Trinajstić information content (AvgIpc) is 2.77. The molecular formula is C16H21N3O. The third-order valence-corrected chi connectivity index (χ3v) is 4.12. The van der Waals surface area contributed by atoms with Crippen LogP contribution in [0.1, 0.15) is 35.7 Å². The van der Waals surface area contributed by atoms with Crippen molar-refractivity contribution < 1.29 is 0 Å². The number of aromatic amines is 1. The van der Waals surface area contributed by atoms with E-state index >= 15 is 0 Å². The minimum atomic E-state index is 0.151. The first-order chi connectivity index (χ1) is 9.75. The second-order valence-corrected chi connectivity index (χ2v) is 5.53. The molecule has 1 aliphatic rings. The van der Waals surface area contributed by atoms with Crippen molar-refractivity contribution in [2.45, 2.75) is 32.2 Å². The highest BCUT2D eigenvalue weighted by Crippen LogP contribution is 2.17. The lowest BCUT2D eigenvalue weighted by Gasteiger charge is -2.22. The lowest BCUT2D eigenvalue weighted by Crippen LogP contribution is -2.34. The van der Waals surface area contributed by atoms with Crippen molar-refractivity contribution in [1.29, 1.82) is 0 Å². The van der Waals surface area contributed by atoms with Crippen molar-refractivity contribution in [3.8, 4) is 0 Å². The van der Waals surface area contributed by atoms with Gasteiger partial charge in [0.2, 0.25) is 0 Å². The number of benzene rings is 1. The van der Waals surface area contributed by atoms with E-state index in [4.69, 9.17) is 0 Å². The van der Waals surface area contributed by atoms with E-state index in [1.54, 1.807) is 0 Å². The molecule has 4 nitrogen and oxygen atoms in total. The molecule has 106 valence electrons. The fraction of sp³-hybridized carbons (Fsp3) is 0.438. The minimum Gasteiger partial charge on any atom is -0.317 e. The van der Waals surface area contributed by atoms with Gasteiger partial charge in [0.25, 0.3) is 5.56 Å². The molecule has 0 unspecified atom stereocenters. The summed E-state index contributed by atoms with van der Waals surface area (Å²) in [4.78, 5) is 12.6. The van der Waals surface area contributed by atoms with E-state index in [-0.39, 0.29) is 5.56 Å². The van der Waals surface area contributed by atoms with Crippen LogP contribution in [0.15, 0.2) is 35.1 Å². The Morgan fingerprint density at radius 3 is 2.60 bits per heavy atom. The molecule has 2 aromatic rings. The molecule has 0 radical (unpaired) electrons. The van der Waals surface area contributed by atoms with E-state index in [0.29, 0.717) is 12.5 Å². The molecule has 0 saturated carbocycles. The Morgan fingerprint density at radius 2 is 1.90 bits per heavy atom. The van der Waals surface area contributed by atoms with E-state index in [1.807, 2.05) is 29.8 Å². The van der Waals surface area contributed by atoms with Crippen LogP contribution in [0.2, 0.25) is 0 Å². The Kier molecular flexibility index (Phi) is 3.74. The minimum absolute atomic E-state index is 0.151. The first kappa shape index (κ1) is 13.2. The summed E-state index contributed by atoms with van der Waals surface area (Å²) in [6.45, 7) is 3.98. The predicted molar refractivity (Wildman–Crippen MR) is 80.2 cm³/mol. The molecule has 0 aliphatic carbocycles. The third-order valence-electron chi connectivity index (χ3n) is 4.12. The number of rotatable bonds is 3. The van der Waals surface area contributed by atoms with E-state index in [0.717, 1.165) is 37.2 Å². The zero-order valence-corrected chi connectivity index (χ0v) is 11.9. The lowest BCUT2D eigenvalue weighted by molar-refractivity contribution is 0.335. The Morgan fingerprint density at radius 1 is 1.20 bits per heavy atom. The molecule has 0 bridgehead atoms. The predicted octanol–water partition coefficient (Wildman–Crippen LogP) is 2.00. The van der Waals surface area contributed by atoms with Gasteiger partial charge in [0.05, 0.1) is 6.04 Å². The van der Waals surface area contributed by atoms with Crippen LogP contribution in [-0.2, 0) is 6.42 Å². The summed E-state index contributed by atoms with van der Waals surface area (Å²) in [6, 6.07) is 10.5. The van der Waals surface area contributed by atoms with Crippen LogP contribution in [0.5, 0.6) is 0 Å². The van der Waals surface area contributed by atoms with Crippen LogP contribution in [0.3, 0.4) is 0 Å². The number of aromatic nitrogens is 2. The lowest BCUT2D eigenvalue weighted by atomic mass is 10.1. The van der Waals surface area contributed by atoms with Gasteiger partial charge in [-0.3, -0.25) is 9.89 Å². The summed E-state index contributed by atoms with van der Waals surface area (Å²) >= 11 is 0. The molecule has 1 aromatic heterocycles. The topological polar surface area (TPSA) is 49.8 Å². The maximum absolute atomic E-state index is 12.6. The highest BCUT2D eigenvalue weighted by atomic mass is 16.1. The van der Waals surface area contributed by atoms with Crippen molar-refractivity contribution in [3.63, 3.8) is 0 Å². The van der Waals surface area contributed by atoms with Gasteiger partial charge < -0.3 is 5.32 Å². The SMILES string of the molecule is Cc1[nH]n(C2CCNCC2)c(=O)c1Cc1ccccc1. The molecule has 1 fully saturated rings. The zero-order chi connectivity index (χ0) is 13.9. The summed E-state index contributed by atoms with van der Waals surface area (Å²) in [5, 5.41) is 6.62. The normalized spacial score (nSPS) is 16.4. The largest absolute Gasteiger partial charge is 0.317 e. The van der Waals surface area contributed by atoms with E-state index in [1.165, 1.54) is 5.56 Å². The Bertz CT molecular complexity index is 621. The smallest absolute Gasteiger partial charge is 0.270 e. The summed E-state index contributed by atoms with van der Waals surface area (Å²) in [6.07, 6.45) is 2.75. The molecule has 1 saturated heterocycles. The van der Waals surface area contributed by atoms with Crippen molar-refractivity contribution in [2.24, 2.45) is 0 Å². The van der Waals surface area contributed by atoms with Crippen LogP contribution >= 0.6 is 0 Å². The number of nitrogens with zero attached hydrogens (tertiary/aromatic N) is 1. The number of hydrogen-bond donors (Lipinski definition) is 2. The van der Waals surface area contributed by atoms with Gasteiger partial charge >= 0.3 is 0 Å². The molecule has 0 atom stereocenters. The molecule has 0 amide bonds. The van der Waals surface area contributed by atoms with Gasteiger partial charge in [-0.25, -0.2) is 4.68 Å². The van der Waals surface area contributed by atoms with Gasteiger partial charge in [0.15, 0.2) is 0 Å². The van der Waals surface area contributed by atoms with Crippen molar-refractivity contribution in [2.75, 3.05) is 13.1 Å². The van der Waals surface area contributed by atoms with Gasteiger partial charge in [-0.2, -0.15) is 0 Å². The van der Waals surface area contributed by atoms with Crippen molar-refractivity contribution >= 4 is 0 Å². The van der Waals surface area contributed by atoms with Crippen molar-refractivity contribution in [1.82, 2.24) is 15.1 Å². The van der Waals surface area contributed by atoms with Crippen molar-refractivity contribution in [3.05, 3.63) is 57.5 Å². The van der Waals surface area contributed by atoms with Crippen LogP contribution in [0, 0.1) is 6.92 Å². The van der Waals surface area contributed by atoms with Crippen LogP contribution < -0.4 is 10.9 Å². The molecule has 2 N–H and O–H groups in total. The number of hydrogen-bond acceptors (Lipinski definition) is 2. The maximum atomic E-state index is 12.6. The number of piperidine rings is 1. The Balaban J connectivity index is 1.89. The first-order valence-corrected chi connectivity index (χ1v) is 7.30. The van der Waals surface area contributed by atoms with Gasteiger partial charge in [-0.1, -0.05) is 30.3 Å². The van der Waals surface area contributed by atoms with Gasteiger partial charge in [-0.05, 0) is 38.4 Å². The summed E-state index contributed by atoms with van der Waals surface area (Å²) in [7, 11) is 0. The molecule has 20 heavy (non-hydrogen) atoms. The second-order valence-electron chi connectivity index (χ2n) is 5.53. The maximum Gasteiger partial charge on any atom is 0.270 e. The van der Waals surface area contributed by atoms with Gasteiger partial charge in [-0.15, -0.1) is 0 Å². The highest BCUT2D eigenvalue weighted by molar-refractivity contribution is 5.27. The van der Waals surface area contributed by atoms with Crippen LogP contribution in [0.25, 0.3) is 0 Å². The monoisotopic (exact) mass is 271 g/mol. The average molecular weight is 271 g/mol. The standard InChI is InChI=1S/C16H21N3O/c1-12-15(11-13-5-3-2-4-6-13)16(20)19(18-12)14-7-9-17-10-8-14/h2-6,14,17-18H,7-11H2,1H3. The quantitative estimate of drug-likeness (QED) is 0.897. The van der Waals surface area contributed by atoms with Gasteiger partial charge in [0.1, 0.15) is 0 Å². The van der Waals surface area contributed by atoms with Crippen LogP contribution in [0.4, 0.5) is 0 Å². The number of aryl methyl sites for hydroxylation is 1. The summed E-state index contributed by atoms with van der Waals surface area (Å²) < 4.78 is 1.84. The van der Waals surface area contributed by atoms with E-state index in [9.17, 15) is 4.79 Å². The highest BCUT2D eigenvalue weighted by Gasteiger charge is 2.20. The number of nitrogens with one attached hydrogen (secondary N) is 2. The van der Waals surface area contributed by atoms with E-state index in [2.05, 4.69) is 22.5 Å². The molecule has 0 spiro atoms. The summed E-state index contributed by atoms with van der Waals surface area (Å²) in [5.41, 5.74) is 3.23. The second kappa shape index (κ2) is 5.67. The summed E-state index contributed by atoms with van der Waals surface area (Å²) in [5.74, 6) is 0. The molecule has 1 aromatic carbocycles. The third kappa shape index (κ3) is 2.56. The molecule has 1 aliphatic heterocycles. The fourth-order valence-electron chi connectivity index (χ4n) is 2.93. The Hall–Kier alpha value is -1.81. The van der Waals surface area contributed by atoms with Crippen LogP contribution in [-0.4, -0.2) is 22.9 Å². The molecule has 4 heteroatoms. The van der Waals surface area contributed by atoms with E-state index < -0.39 is 0 Å². The molecule has 2 heterocycles. The zero-order valence-electron chi connectivity index (χ0n) is 11.9. The van der Waals surface area contributed by atoms with Gasteiger partial charge in [0, 0.05) is 17.7 Å². The Labute approximate surface area is 118 Å².